The zero-order valence-corrected chi connectivity index (χ0v) is 20.0. The lowest BCUT2D eigenvalue weighted by Crippen LogP contribution is -2.43. The Hall–Kier alpha value is -2.65. The van der Waals surface area contributed by atoms with Gasteiger partial charge in [0, 0.05) is 29.2 Å². The largest absolute Gasteiger partial charge is 0.433 e. The lowest BCUT2D eigenvalue weighted by Gasteiger charge is -2.32. The van der Waals surface area contributed by atoms with E-state index in [1.165, 1.54) is 18.9 Å². The second-order valence-electron chi connectivity index (χ2n) is 9.21. The van der Waals surface area contributed by atoms with Crippen molar-refractivity contribution in [3.63, 3.8) is 0 Å². The molecule has 6 nitrogen and oxygen atoms in total. The van der Waals surface area contributed by atoms with Gasteiger partial charge in [0.05, 0.1) is 0 Å². The summed E-state index contributed by atoms with van der Waals surface area (Å²) in [6, 6.07) is 8.48. The van der Waals surface area contributed by atoms with Gasteiger partial charge >= 0.3 is 6.18 Å². The van der Waals surface area contributed by atoms with Crippen LogP contribution in [0.2, 0.25) is 5.02 Å². The fourth-order valence-electron chi connectivity index (χ4n) is 4.67. The SMILES string of the molecule is O=C(Nc1ccc(Cl)c(CN2CCC(C(=O)NC3CCCC3)CC2)c1)c1cccc(C(F)(F)F)n1. The highest BCUT2D eigenvalue weighted by Crippen LogP contribution is 2.28. The number of carbonyl (C=O) groups excluding carboxylic acids is 2. The van der Waals surface area contributed by atoms with E-state index >= 15 is 0 Å². The quantitative estimate of drug-likeness (QED) is 0.557. The van der Waals surface area contributed by atoms with E-state index < -0.39 is 17.8 Å². The molecule has 1 aliphatic heterocycles. The highest BCUT2D eigenvalue weighted by Gasteiger charge is 2.33. The number of likely N-dealkylation sites (tertiary alicyclic amines) is 1. The molecule has 1 aliphatic carbocycles. The van der Waals surface area contributed by atoms with E-state index in [1.54, 1.807) is 18.2 Å². The predicted octanol–water partition coefficient (Wildman–Crippen LogP) is 5.28. The first-order valence-corrected chi connectivity index (χ1v) is 12.2. The van der Waals surface area contributed by atoms with E-state index in [9.17, 15) is 22.8 Å². The van der Waals surface area contributed by atoms with Crippen molar-refractivity contribution in [3.05, 3.63) is 58.4 Å². The number of carbonyl (C=O) groups is 2. The maximum absolute atomic E-state index is 12.9. The second kappa shape index (κ2) is 11.0. The van der Waals surface area contributed by atoms with Gasteiger partial charge in [-0.1, -0.05) is 30.5 Å². The van der Waals surface area contributed by atoms with Crippen LogP contribution in [0.4, 0.5) is 18.9 Å². The normalized spacial score (nSPS) is 17.9. The number of hydrogen-bond donors (Lipinski definition) is 2. The first kappa shape index (κ1) is 25.4. The number of benzene rings is 1. The molecule has 0 atom stereocenters. The molecule has 2 heterocycles. The van der Waals surface area contributed by atoms with Gasteiger partial charge in [-0.15, -0.1) is 0 Å². The summed E-state index contributed by atoms with van der Waals surface area (Å²) >= 11 is 6.37. The average molecular weight is 509 g/mol. The third-order valence-corrected chi connectivity index (χ3v) is 7.00. The van der Waals surface area contributed by atoms with E-state index in [0.29, 0.717) is 23.3 Å². The van der Waals surface area contributed by atoms with E-state index in [4.69, 9.17) is 11.6 Å². The molecule has 1 aromatic heterocycles. The van der Waals surface area contributed by atoms with Crippen LogP contribution in [0.3, 0.4) is 0 Å². The fourth-order valence-corrected chi connectivity index (χ4v) is 4.85. The molecule has 0 bridgehead atoms. The molecule has 0 spiro atoms. The van der Waals surface area contributed by atoms with Crippen LogP contribution in [0.15, 0.2) is 36.4 Å². The van der Waals surface area contributed by atoms with E-state index in [0.717, 1.165) is 56.5 Å². The molecule has 2 amide bonds. The van der Waals surface area contributed by atoms with Gasteiger partial charge in [-0.25, -0.2) is 4.98 Å². The number of aromatic nitrogens is 1. The van der Waals surface area contributed by atoms with Crippen molar-refractivity contribution in [2.45, 2.75) is 57.3 Å². The molecule has 4 rings (SSSR count). The summed E-state index contributed by atoms with van der Waals surface area (Å²) in [5.41, 5.74) is -0.244. The minimum atomic E-state index is -4.63. The van der Waals surface area contributed by atoms with Crippen molar-refractivity contribution in [1.82, 2.24) is 15.2 Å². The summed E-state index contributed by atoms with van der Waals surface area (Å²) < 4.78 is 38.7. The van der Waals surface area contributed by atoms with Crippen molar-refractivity contribution in [2.75, 3.05) is 18.4 Å². The predicted molar refractivity (Wildman–Crippen MR) is 127 cm³/mol. The van der Waals surface area contributed by atoms with Crippen molar-refractivity contribution < 1.29 is 22.8 Å². The Bertz CT molecular complexity index is 1060. The number of nitrogens with one attached hydrogen (secondary N) is 2. The van der Waals surface area contributed by atoms with Gasteiger partial charge in [0.1, 0.15) is 11.4 Å². The Balaban J connectivity index is 1.33. The average Bonchev–Trinajstić information content (AvgIpc) is 3.34. The van der Waals surface area contributed by atoms with Crippen LogP contribution in [0.1, 0.15) is 60.3 Å². The Morgan fingerprint density at radius 3 is 2.46 bits per heavy atom. The van der Waals surface area contributed by atoms with E-state index in [-0.39, 0.29) is 17.5 Å². The van der Waals surface area contributed by atoms with Crippen molar-refractivity contribution in [3.8, 4) is 0 Å². The first-order valence-electron chi connectivity index (χ1n) is 11.9. The summed E-state index contributed by atoms with van der Waals surface area (Å²) in [5.74, 6) is -0.561. The number of anilines is 1. The van der Waals surface area contributed by atoms with Gasteiger partial charge in [-0.2, -0.15) is 13.2 Å². The van der Waals surface area contributed by atoms with Gasteiger partial charge < -0.3 is 10.6 Å². The second-order valence-corrected chi connectivity index (χ2v) is 9.61. The van der Waals surface area contributed by atoms with Crippen molar-refractivity contribution >= 4 is 29.1 Å². The van der Waals surface area contributed by atoms with Gasteiger partial charge in [-0.05, 0) is 74.7 Å². The number of nitrogens with zero attached hydrogens (tertiary/aromatic N) is 2. The molecule has 2 N–H and O–H groups in total. The topological polar surface area (TPSA) is 74.3 Å². The Labute approximate surface area is 207 Å². The zero-order chi connectivity index (χ0) is 25.0. The standard InChI is InChI=1S/C25H28ClF3N4O2/c26-20-9-8-19(31-24(35)21-6-3-7-22(32-21)25(27,28)29)14-17(20)15-33-12-10-16(11-13-33)23(34)30-18-4-1-2-5-18/h3,6-9,14,16,18H,1-2,4-5,10-13,15H2,(H,30,34)(H,31,35). The van der Waals surface area contributed by atoms with Gasteiger partial charge in [-0.3, -0.25) is 14.5 Å². The molecule has 188 valence electrons. The number of rotatable bonds is 6. The third kappa shape index (κ3) is 6.73. The summed E-state index contributed by atoms with van der Waals surface area (Å²) in [4.78, 5) is 30.7. The number of alkyl halides is 3. The summed E-state index contributed by atoms with van der Waals surface area (Å²) in [5, 5.41) is 6.31. The summed E-state index contributed by atoms with van der Waals surface area (Å²) in [7, 11) is 0. The van der Waals surface area contributed by atoms with Crippen molar-refractivity contribution in [1.29, 1.82) is 0 Å². The van der Waals surface area contributed by atoms with Crippen LogP contribution < -0.4 is 10.6 Å². The monoisotopic (exact) mass is 508 g/mol. The molecule has 0 unspecified atom stereocenters. The number of hydrogen-bond acceptors (Lipinski definition) is 4. The van der Waals surface area contributed by atoms with Gasteiger partial charge in [0.2, 0.25) is 5.91 Å². The van der Waals surface area contributed by atoms with Crippen LogP contribution in [0, 0.1) is 5.92 Å². The maximum atomic E-state index is 12.9. The third-order valence-electron chi connectivity index (χ3n) is 6.63. The highest BCUT2D eigenvalue weighted by molar-refractivity contribution is 6.31. The van der Waals surface area contributed by atoms with Gasteiger partial charge in [0.25, 0.3) is 5.91 Å². The Morgan fingerprint density at radius 2 is 1.77 bits per heavy atom. The molecule has 1 saturated carbocycles. The minimum absolute atomic E-state index is 0.0212. The summed E-state index contributed by atoms with van der Waals surface area (Å²) in [6.45, 7) is 2.05. The molecular formula is C25H28ClF3N4O2. The van der Waals surface area contributed by atoms with Crippen LogP contribution in [-0.4, -0.2) is 40.8 Å². The lowest BCUT2D eigenvalue weighted by molar-refractivity contribution is -0.141. The number of pyridine rings is 1. The molecular weight excluding hydrogens is 481 g/mol. The molecule has 0 radical (unpaired) electrons. The minimum Gasteiger partial charge on any atom is -0.353 e. The molecule has 10 heteroatoms. The van der Waals surface area contributed by atoms with Crippen molar-refractivity contribution in [2.24, 2.45) is 5.92 Å². The highest BCUT2D eigenvalue weighted by atomic mass is 35.5. The Kier molecular flexibility index (Phi) is 7.96. The summed E-state index contributed by atoms with van der Waals surface area (Å²) in [6.07, 6.45) is 1.41. The molecule has 1 aromatic carbocycles. The van der Waals surface area contributed by atoms with Crippen LogP contribution in [-0.2, 0) is 17.5 Å². The zero-order valence-electron chi connectivity index (χ0n) is 19.2. The number of piperidine rings is 1. The molecule has 1 saturated heterocycles. The fraction of sp³-hybridized carbons (Fsp3) is 0.480. The van der Waals surface area contributed by atoms with Crippen LogP contribution in [0.25, 0.3) is 0 Å². The number of halogens is 4. The van der Waals surface area contributed by atoms with Gasteiger partial charge in [0.15, 0.2) is 0 Å². The number of amides is 2. The van der Waals surface area contributed by atoms with Crippen LogP contribution >= 0.6 is 11.6 Å². The lowest BCUT2D eigenvalue weighted by atomic mass is 9.95. The molecule has 2 aromatic rings. The maximum Gasteiger partial charge on any atom is 0.433 e. The van der Waals surface area contributed by atoms with E-state index in [1.807, 2.05) is 0 Å². The Morgan fingerprint density at radius 1 is 1.06 bits per heavy atom. The molecule has 2 fully saturated rings. The van der Waals surface area contributed by atoms with E-state index in [2.05, 4.69) is 20.5 Å². The molecule has 2 aliphatic rings. The first-order chi connectivity index (χ1) is 16.7. The smallest absolute Gasteiger partial charge is 0.353 e. The van der Waals surface area contributed by atoms with Crippen LogP contribution in [0.5, 0.6) is 0 Å². The molecule has 35 heavy (non-hydrogen) atoms.